The van der Waals surface area contributed by atoms with Crippen LogP contribution in [-0.4, -0.2) is 29.7 Å². The molecule has 0 heterocycles. The van der Waals surface area contributed by atoms with E-state index in [1.807, 2.05) is 0 Å². The fourth-order valence-corrected chi connectivity index (χ4v) is 1.65. The summed E-state index contributed by atoms with van der Waals surface area (Å²) in [4.78, 5) is 0. The Kier molecular flexibility index (Phi) is 3.83. The summed E-state index contributed by atoms with van der Waals surface area (Å²) in [7, 11) is 0. The second-order valence-corrected chi connectivity index (χ2v) is 3.08. The van der Waals surface area contributed by atoms with Gasteiger partial charge in [0.05, 0.1) is 6.10 Å². The third-order valence-electron chi connectivity index (χ3n) is 2.34. The lowest BCUT2D eigenvalue weighted by molar-refractivity contribution is -0.0123. The fourth-order valence-electron chi connectivity index (χ4n) is 1.65. The normalized spacial score (nSPS) is 31.1. The first-order valence-corrected chi connectivity index (χ1v) is 4.21. The molecule has 66 valence electrons. The number of aliphatic hydroxyl groups excluding tert-OH is 2. The van der Waals surface area contributed by atoms with Crippen LogP contribution in [0.15, 0.2) is 0 Å². The van der Waals surface area contributed by atoms with Gasteiger partial charge in [0.25, 0.3) is 0 Å². The van der Waals surface area contributed by atoms with Crippen molar-refractivity contribution in [3.63, 3.8) is 0 Å². The second kappa shape index (κ2) is 4.70. The lowest BCUT2D eigenvalue weighted by Crippen LogP contribution is -2.15. The molecular formula is C8H16O3. The summed E-state index contributed by atoms with van der Waals surface area (Å²) in [6.45, 7) is 0.362. The van der Waals surface area contributed by atoms with E-state index in [1.165, 1.54) is 0 Å². The van der Waals surface area contributed by atoms with Gasteiger partial charge in [-0.3, -0.25) is 0 Å². The van der Waals surface area contributed by atoms with Crippen LogP contribution in [0.5, 0.6) is 0 Å². The molecule has 2 N–H and O–H groups in total. The van der Waals surface area contributed by atoms with Gasteiger partial charge in [0.2, 0.25) is 0 Å². The Morgan fingerprint density at radius 1 is 1.36 bits per heavy atom. The molecule has 2 unspecified atom stereocenters. The third-order valence-corrected chi connectivity index (χ3v) is 2.34. The number of ether oxygens (including phenoxy) is 1. The quantitative estimate of drug-likeness (QED) is 0.465. The monoisotopic (exact) mass is 160 g/mol. The standard InChI is InChI=1S/C8H16O3/c9-6-11-5-4-7-2-1-3-8(7)10/h7-10H,1-6H2. The van der Waals surface area contributed by atoms with Crippen LogP contribution < -0.4 is 0 Å². The highest BCUT2D eigenvalue weighted by Crippen LogP contribution is 2.27. The lowest BCUT2D eigenvalue weighted by atomic mass is 10.0. The molecule has 0 saturated heterocycles. The zero-order chi connectivity index (χ0) is 8.10. The molecule has 3 heteroatoms. The molecule has 0 aliphatic heterocycles. The molecule has 0 aromatic rings. The van der Waals surface area contributed by atoms with Gasteiger partial charge in [0.1, 0.15) is 6.79 Å². The maximum Gasteiger partial charge on any atom is 0.143 e. The number of rotatable bonds is 4. The van der Waals surface area contributed by atoms with Crippen LogP contribution in [0.3, 0.4) is 0 Å². The van der Waals surface area contributed by atoms with Crippen LogP contribution in [0, 0.1) is 5.92 Å². The van der Waals surface area contributed by atoms with Crippen LogP contribution in [0.4, 0.5) is 0 Å². The zero-order valence-corrected chi connectivity index (χ0v) is 6.70. The van der Waals surface area contributed by atoms with Crippen molar-refractivity contribution in [3.8, 4) is 0 Å². The largest absolute Gasteiger partial charge is 0.393 e. The number of hydrogen-bond acceptors (Lipinski definition) is 3. The highest BCUT2D eigenvalue weighted by Gasteiger charge is 2.24. The van der Waals surface area contributed by atoms with Crippen molar-refractivity contribution in [2.24, 2.45) is 5.92 Å². The molecule has 1 saturated carbocycles. The van der Waals surface area contributed by atoms with Gasteiger partial charge in [-0.05, 0) is 25.2 Å². The van der Waals surface area contributed by atoms with Gasteiger partial charge in [-0.2, -0.15) is 0 Å². The molecule has 0 bridgehead atoms. The third kappa shape index (κ3) is 2.77. The molecule has 1 aliphatic carbocycles. The van der Waals surface area contributed by atoms with Crippen molar-refractivity contribution in [1.82, 2.24) is 0 Å². The van der Waals surface area contributed by atoms with E-state index < -0.39 is 0 Å². The minimum absolute atomic E-state index is 0.128. The van der Waals surface area contributed by atoms with Gasteiger partial charge in [-0.1, -0.05) is 6.42 Å². The molecule has 1 aliphatic rings. The SMILES string of the molecule is OCOCCC1CCCC1O. The predicted molar refractivity (Wildman–Crippen MR) is 41.0 cm³/mol. The van der Waals surface area contributed by atoms with Gasteiger partial charge in [0.15, 0.2) is 0 Å². The molecule has 0 spiro atoms. The van der Waals surface area contributed by atoms with E-state index in [-0.39, 0.29) is 12.9 Å². The van der Waals surface area contributed by atoms with Crippen LogP contribution in [0.1, 0.15) is 25.7 Å². The van der Waals surface area contributed by atoms with Gasteiger partial charge in [-0.15, -0.1) is 0 Å². The Hall–Kier alpha value is -0.120. The summed E-state index contributed by atoms with van der Waals surface area (Å²) in [5.41, 5.74) is 0. The van der Waals surface area contributed by atoms with E-state index in [4.69, 9.17) is 9.84 Å². The van der Waals surface area contributed by atoms with Crippen LogP contribution in [-0.2, 0) is 4.74 Å². The summed E-state index contributed by atoms with van der Waals surface area (Å²) < 4.78 is 4.79. The Morgan fingerprint density at radius 3 is 2.73 bits per heavy atom. The second-order valence-electron chi connectivity index (χ2n) is 3.08. The van der Waals surface area contributed by atoms with Crippen molar-refractivity contribution in [2.75, 3.05) is 13.4 Å². The average Bonchev–Trinajstić information content (AvgIpc) is 2.37. The first kappa shape index (κ1) is 8.97. The van der Waals surface area contributed by atoms with E-state index in [2.05, 4.69) is 0 Å². The summed E-state index contributed by atoms with van der Waals surface area (Å²) in [6, 6.07) is 0. The minimum Gasteiger partial charge on any atom is -0.393 e. The summed E-state index contributed by atoms with van der Waals surface area (Å²) >= 11 is 0. The van der Waals surface area contributed by atoms with Crippen LogP contribution in [0.25, 0.3) is 0 Å². The maximum absolute atomic E-state index is 9.37. The molecule has 3 nitrogen and oxygen atoms in total. The first-order valence-electron chi connectivity index (χ1n) is 4.21. The summed E-state index contributed by atoms with van der Waals surface area (Å²) in [5.74, 6) is 0.404. The van der Waals surface area contributed by atoms with Crippen molar-refractivity contribution in [2.45, 2.75) is 31.8 Å². The van der Waals surface area contributed by atoms with Crippen molar-refractivity contribution in [3.05, 3.63) is 0 Å². The minimum atomic E-state index is -0.206. The van der Waals surface area contributed by atoms with E-state index in [1.54, 1.807) is 0 Å². The lowest BCUT2D eigenvalue weighted by Gasteiger charge is -2.12. The van der Waals surface area contributed by atoms with Crippen molar-refractivity contribution in [1.29, 1.82) is 0 Å². The van der Waals surface area contributed by atoms with E-state index in [9.17, 15) is 5.11 Å². The van der Waals surface area contributed by atoms with E-state index >= 15 is 0 Å². The molecular weight excluding hydrogens is 144 g/mol. The van der Waals surface area contributed by atoms with Crippen molar-refractivity contribution >= 4 is 0 Å². The smallest absolute Gasteiger partial charge is 0.143 e. The molecule has 1 rings (SSSR count). The highest BCUT2D eigenvalue weighted by molar-refractivity contribution is 4.75. The predicted octanol–water partition coefficient (Wildman–Crippen LogP) is 0.504. The zero-order valence-electron chi connectivity index (χ0n) is 6.70. The topological polar surface area (TPSA) is 49.7 Å². The highest BCUT2D eigenvalue weighted by atomic mass is 16.6. The Labute approximate surface area is 67.0 Å². The van der Waals surface area contributed by atoms with Gasteiger partial charge in [0, 0.05) is 6.61 Å². The molecule has 0 aromatic carbocycles. The molecule has 0 amide bonds. The van der Waals surface area contributed by atoms with E-state index in [0.717, 1.165) is 25.7 Å². The molecule has 1 fully saturated rings. The Balaban J connectivity index is 2.05. The van der Waals surface area contributed by atoms with Gasteiger partial charge >= 0.3 is 0 Å². The van der Waals surface area contributed by atoms with Crippen LogP contribution in [0.2, 0.25) is 0 Å². The van der Waals surface area contributed by atoms with Crippen LogP contribution >= 0.6 is 0 Å². The molecule has 2 atom stereocenters. The summed E-state index contributed by atoms with van der Waals surface area (Å²) in [5, 5.41) is 17.7. The maximum atomic E-state index is 9.37. The van der Waals surface area contributed by atoms with Gasteiger partial charge in [-0.25, -0.2) is 0 Å². The number of aliphatic hydroxyl groups is 2. The number of hydrogen-bond donors (Lipinski definition) is 2. The summed E-state index contributed by atoms with van der Waals surface area (Å²) in [6.07, 6.45) is 3.92. The average molecular weight is 160 g/mol. The Morgan fingerprint density at radius 2 is 2.18 bits per heavy atom. The molecule has 0 radical (unpaired) electrons. The Bertz CT molecular complexity index is 106. The fraction of sp³-hybridized carbons (Fsp3) is 1.00. The molecule has 11 heavy (non-hydrogen) atoms. The van der Waals surface area contributed by atoms with Crippen molar-refractivity contribution < 1.29 is 14.9 Å². The van der Waals surface area contributed by atoms with E-state index in [0.29, 0.717) is 12.5 Å². The molecule has 0 aromatic heterocycles. The first-order chi connectivity index (χ1) is 5.34. The van der Waals surface area contributed by atoms with Gasteiger partial charge < -0.3 is 14.9 Å².